The Morgan fingerprint density at radius 1 is 0.515 bits per heavy atom. The van der Waals surface area contributed by atoms with Crippen LogP contribution in [0.15, 0.2) is 136 Å². The number of hydrogen-bond donors (Lipinski definition) is 0. The van der Waals surface area contributed by atoms with Gasteiger partial charge < -0.3 is 4.42 Å². The van der Waals surface area contributed by atoms with Crippen LogP contribution in [0, 0.1) is 0 Å². The number of para-hydroxylation sites is 1. The fraction of sp³-hybridized carbons (Fsp3) is 0. The summed E-state index contributed by atoms with van der Waals surface area (Å²) in [5.41, 5.74) is 1.96. The largest absolute Gasteiger partial charge is 0.455 e. The Bertz CT molecular complexity index is 1600. The molecule has 0 bridgehead atoms. The molecular formula is C30H20OSSi. The molecule has 6 aromatic rings. The van der Waals surface area contributed by atoms with E-state index in [2.05, 4.69) is 115 Å². The van der Waals surface area contributed by atoms with E-state index in [0.717, 1.165) is 11.2 Å². The molecule has 1 aliphatic rings. The highest BCUT2D eigenvalue weighted by Gasteiger charge is 2.47. The first kappa shape index (κ1) is 19.0. The van der Waals surface area contributed by atoms with Crippen molar-refractivity contribution in [2.45, 2.75) is 9.79 Å². The second-order valence-electron chi connectivity index (χ2n) is 8.50. The Morgan fingerprint density at radius 3 is 1.91 bits per heavy atom. The van der Waals surface area contributed by atoms with Crippen LogP contribution in [0.5, 0.6) is 0 Å². The van der Waals surface area contributed by atoms with Crippen LogP contribution in [0.3, 0.4) is 0 Å². The lowest BCUT2D eigenvalue weighted by molar-refractivity contribution is 0.661. The highest BCUT2D eigenvalue weighted by Crippen LogP contribution is 2.40. The molecule has 1 aliphatic heterocycles. The summed E-state index contributed by atoms with van der Waals surface area (Å²) in [6.07, 6.45) is 0. The Hall–Kier alpha value is -3.53. The fourth-order valence-electron chi connectivity index (χ4n) is 5.45. The predicted octanol–water partition coefficient (Wildman–Crippen LogP) is 5.43. The lowest BCUT2D eigenvalue weighted by Gasteiger charge is -2.39. The van der Waals surface area contributed by atoms with E-state index in [1.807, 2.05) is 17.8 Å². The van der Waals surface area contributed by atoms with Gasteiger partial charge in [-0.1, -0.05) is 121 Å². The van der Waals surface area contributed by atoms with E-state index in [9.17, 15) is 0 Å². The number of furan rings is 1. The minimum absolute atomic E-state index is 0.951. The molecule has 0 radical (unpaired) electrons. The molecule has 33 heavy (non-hydrogen) atoms. The van der Waals surface area contributed by atoms with Crippen LogP contribution in [0.1, 0.15) is 0 Å². The summed E-state index contributed by atoms with van der Waals surface area (Å²) in [5, 5.41) is 8.05. The lowest BCUT2D eigenvalue weighted by Crippen LogP contribution is -2.76. The number of rotatable bonds is 2. The highest BCUT2D eigenvalue weighted by molar-refractivity contribution is 8.00. The van der Waals surface area contributed by atoms with Gasteiger partial charge in [0.1, 0.15) is 11.2 Å². The van der Waals surface area contributed by atoms with E-state index in [0.29, 0.717) is 0 Å². The smallest absolute Gasteiger partial charge is 0.182 e. The van der Waals surface area contributed by atoms with E-state index in [1.54, 1.807) is 0 Å². The highest BCUT2D eigenvalue weighted by atomic mass is 32.2. The van der Waals surface area contributed by atoms with Crippen molar-refractivity contribution < 1.29 is 4.42 Å². The van der Waals surface area contributed by atoms with Crippen LogP contribution in [0.2, 0.25) is 0 Å². The van der Waals surface area contributed by atoms with Gasteiger partial charge in [-0.25, -0.2) is 0 Å². The first-order valence-electron chi connectivity index (χ1n) is 11.2. The van der Waals surface area contributed by atoms with E-state index in [-0.39, 0.29) is 0 Å². The minimum atomic E-state index is -2.52. The van der Waals surface area contributed by atoms with Gasteiger partial charge >= 0.3 is 0 Å². The van der Waals surface area contributed by atoms with E-state index in [1.165, 1.54) is 41.3 Å². The zero-order valence-corrected chi connectivity index (χ0v) is 19.7. The minimum Gasteiger partial charge on any atom is -0.455 e. The van der Waals surface area contributed by atoms with Gasteiger partial charge in [0, 0.05) is 15.7 Å². The van der Waals surface area contributed by atoms with Crippen molar-refractivity contribution >= 4 is 62.5 Å². The van der Waals surface area contributed by atoms with Gasteiger partial charge in [-0.2, -0.15) is 0 Å². The van der Waals surface area contributed by atoms with Crippen molar-refractivity contribution in [3.8, 4) is 0 Å². The molecule has 0 saturated heterocycles. The van der Waals surface area contributed by atoms with Crippen molar-refractivity contribution in [1.29, 1.82) is 0 Å². The van der Waals surface area contributed by atoms with Gasteiger partial charge in [-0.15, -0.1) is 0 Å². The van der Waals surface area contributed by atoms with Gasteiger partial charge in [-0.05, 0) is 32.9 Å². The van der Waals surface area contributed by atoms with Crippen molar-refractivity contribution in [1.82, 2.24) is 0 Å². The maximum atomic E-state index is 6.53. The summed E-state index contributed by atoms with van der Waals surface area (Å²) in [6.45, 7) is 0. The fourth-order valence-corrected chi connectivity index (χ4v) is 12.5. The summed E-state index contributed by atoms with van der Waals surface area (Å²) >= 11 is 1.86. The molecule has 1 aromatic heterocycles. The van der Waals surface area contributed by atoms with Crippen LogP contribution >= 0.6 is 11.8 Å². The Balaban J connectivity index is 1.68. The van der Waals surface area contributed by atoms with Crippen molar-refractivity contribution in [2.24, 2.45) is 0 Å². The molecular weight excluding hydrogens is 436 g/mol. The Morgan fingerprint density at radius 2 is 1.15 bits per heavy atom. The first-order valence-corrected chi connectivity index (χ1v) is 14.0. The molecule has 0 unspecified atom stereocenters. The molecule has 2 heterocycles. The van der Waals surface area contributed by atoms with Gasteiger partial charge in [0.15, 0.2) is 8.07 Å². The van der Waals surface area contributed by atoms with Gasteiger partial charge in [0.05, 0.1) is 4.90 Å². The van der Waals surface area contributed by atoms with Crippen molar-refractivity contribution in [3.05, 3.63) is 121 Å². The third-order valence-corrected chi connectivity index (χ3v) is 13.2. The molecule has 5 aromatic carbocycles. The van der Waals surface area contributed by atoms with Crippen LogP contribution in [0.25, 0.3) is 21.9 Å². The summed E-state index contributed by atoms with van der Waals surface area (Å²) in [6, 6.07) is 44.2. The molecule has 1 nitrogen and oxygen atoms in total. The van der Waals surface area contributed by atoms with Crippen LogP contribution in [0.4, 0.5) is 0 Å². The molecule has 156 valence electrons. The Labute approximate surface area is 197 Å². The van der Waals surface area contributed by atoms with E-state index in [4.69, 9.17) is 4.42 Å². The standard InChI is InChI=1S/C30H20OSSi/c1-3-11-21(12-4-1)33(22-13-5-2-6-14-22)27-18-10-9-17-26(27)32-30-28(33)20-19-24-23-15-7-8-16-25(23)31-29(24)30/h1-20H. The molecule has 0 amide bonds. The van der Waals surface area contributed by atoms with Crippen molar-refractivity contribution in [2.75, 3.05) is 0 Å². The summed E-state index contributed by atoms with van der Waals surface area (Å²) < 4.78 is 6.53. The SMILES string of the molecule is c1ccc([Si]2(c3ccccc3)c3ccccc3Sc3c2ccc2c3oc3ccccc32)cc1. The molecule has 0 aliphatic carbocycles. The van der Waals surface area contributed by atoms with Crippen LogP contribution in [-0.2, 0) is 0 Å². The lowest BCUT2D eigenvalue weighted by atomic mass is 10.1. The summed E-state index contributed by atoms with van der Waals surface area (Å²) in [5.74, 6) is 0. The van der Waals surface area contributed by atoms with Gasteiger partial charge in [0.2, 0.25) is 0 Å². The van der Waals surface area contributed by atoms with Gasteiger partial charge in [-0.3, -0.25) is 0 Å². The number of hydrogen-bond acceptors (Lipinski definition) is 2. The summed E-state index contributed by atoms with van der Waals surface area (Å²) in [4.78, 5) is 2.60. The molecule has 0 spiro atoms. The maximum absolute atomic E-state index is 6.53. The van der Waals surface area contributed by atoms with Crippen LogP contribution in [-0.4, -0.2) is 8.07 Å². The maximum Gasteiger partial charge on any atom is 0.182 e. The molecule has 0 atom stereocenters. The second kappa shape index (κ2) is 7.24. The normalized spacial score (nSPS) is 14.2. The molecule has 7 rings (SSSR count). The third-order valence-electron chi connectivity index (χ3n) is 6.82. The topological polar surface area (TPSA) is 13.1 Å². The zero-order valence-electron chi connectivity index (χ0n) is 17.9. The van der Waals surface area contributed by atoms with Crippen molar-refractivity contribution in [3.63, 3.8) is 0 Å². The molecule has 0 fully saturated rings. The number of fused-ring (bicyclic) bond motifs is 6. The average molecular weight is 457 g/mol. The monoisotopic (exact) mass is 456 g/mol. The molecule has 0 N–H and O–H groups in total. The predicted molar refractivity (Wildman–Crippen MR) is 141 cm³/mol. The average Bonchev–Trinajstić information content (AvgIpc) is 3.28. The third kappa shape index (κ3) is 2.61. The zero-order chi connectivity index (χ0) is 21.8. The summed E-state index contributed by atoms with van der Waals surface area (Å²) in [7, 11) is -2.52. The Kier molecular flexibility index (Phi) is 4.16. The second-order valence-corrected chi connectivity index (χ2v) is 13.3. The molecule has 0 saturated carbocycles. The van der Waals surface area contributed by atoms with E-state index >= 15 is 0 Å². The van der Waals surface area contributed by atoms with E-state index < -0.39 is 8.07 Å². The van der Waals surface area contributed by atoms with Gasteiger partial charge in [0.25, 0.3) is 0 Å². The van der Waals surface area contributed by atoms with Crippen LogP contribution < -0.4 is 20.7 Å². The molecule has 3 heteroatoms. The first-order chi connectivity index (χ1) is 16.4. The number of benzene rings is 5. The quantitative estimate of drug-likeness (QED) is 0.322.